The van der Waals surface area contributed by atoms with Crippen molar-refractivity contribution >= 4 is 52.1 Å². The largest absolute Gasteiger partial charge is 0.449 e. The molecule has 0 radical (unpaired) electrons. The predicted molar refractivity (Wildman–Crippen MR) is 124 cm³/mol. The molecular formula is C22H23Cl2N3O5. The molecule has 2 aromatic rings. The molecule has 0 aromatic heterocycles. The highest BCUT2D eigenvalue weighted by Crippen LogP contribution is 2.33. The highest BCUT2D eigenvalue weighted by atomic mass is 35.5. The van der Waals surface area contributed by atoms with E-state index in [-0.39, 0.29) is 27.0 Å². The number of rotatable bonds is 6. The summed E-state index contributed by atoms with van der Waals surface area (Å²) in [6, 6.07) is 8.97. The summed E-state index contributed by atoms with van der Waals surface area (Å²) < 4.78 is 5.21. The Kier molecular flexibility index (Phi) is 7.58. The summed E-state index contributed by atoms with van der Waals surface area (Å²) in [5.41, 5.74) is 0.575. The summed E-state index contributed by atoms with van der Waals surface area (Å²) in [5.74, 6) is -0.878. The smallest absolute Gasteiger partial charge is 0.339 e. The van der Waals surface area contributed by atoms with Crippen molar-refractivity contribution < 1.29 is 19.2 Å². The molecule has 0 spiro atoms. The van der Waals surface area contributed by atoms with Crippen LogP contribution in [-0.2, 0) is 9.53 Å². The van der Waals surface area contributed by atoms with Gasteiger partial charge in [0.2, 0.25) is 0 Å². The van der Waals surface area contributed by atoms with E-state index in [2.05, 4.69) is 12.2 Å². The van der Waals surface area contributed by atoms with Crippen LogP contribution in [-0.4, -0.2) is 36.0 Å². The van der Waals surface area contributed by atoms with Gasteiger partial charge in [-0.05, 0) is 49.9 Å². The van der Waals surface area contributed by atoms with Crippen molar-refractivity contribution in [3.05, 3.63) is 62.1 Å². The lowest BCUT2D eigenvalue weighted by atomic mass is 9.98. The van der Waals surface area contributed by atoms with E-state index in [1.807, 2.05) is 4.90 Å². The van der Waals surface area contributed by atoms with Crippen LogP contribution in [0, 0.1) is 16.0 Å². The van der Waals surface area contributed by atoms with Gasteiger partial charge in [0.1, 0.15) is 5.69 Å². The number of hydrogen-bond acceptors (Lipinski definition) is 6. The predicted octanol–water partition coefficient (Wildman–Crippen LogP) is 5.32. The van der Waals surface area contributed by atoms with Crippen molar-refractivity contribution in [2.75, 3.05) is 23.3 Å². The molecule has 1 aliphatic heterocycles. The van der Waals surface area contributed by atoms with E-state index in [4.69, 9.17) is 27.9 Å². The molecule has 1 aliphatic rings. The van der Waals surface area contributed by atoms with Gasteiger partial charge in [-0.3, -0.25) is 14.9 Å². The van der Waals surface area contributed by atoms with E-state index in [0.717, 1.165) is 25.9 Å². The number of hydrogen-bond donors (Lipinski definition) is 1. The third kappa shape index (κ3) is 5.49. The number of anilines is 2. The molecule has 170 valence electrons. The fraction of sp³-hybridized carbons (Fsp3) is 0.364. The minimum Gasteiger partial charge on any atom is -0.449 e. The van der Waals surface area contributed by atoms with Crippen molar-refractivity contribution in [1.82, 2.24) is 0 Å². The van der Waals surface area contributed by atoms with E-state index in [1.165, 1.54) is 19.1 Å². The van der Waals surface area contributed by atoms with E-state index < -0.39 is 22.9 Å². The number of nitrogens with zero attached hydrogens (tertiary/aromatic N) is 2. The second-order valence-electron chi connectivity index (χ2n) is 7.77. The molecule has 1 fully saturated rings. The van der Waals surface area contributed by atoms with E-state index >= 15 is 0 Å². The molecule has 10 heteroatoms. The molecule has 1 heterocycles. The lowest BCUT2D eigenvalue weighted by Crippen LogP contribution is -2.33. The van der Waals surface area contributed by atoms with Crippen molar-refractivity contribution in [1.29, 1.82) is 0 Å². The zero-order chi connectivity index (χ0) is 23.4. The van der Waals surface area contributed by atoms with Gasteiger partial charge in [-0.2, -0.15) is 0 Å². The highest BCUT2D eigenvalue weighted by molar-refractivity contribution is 6.44. The SMILES string of the molecule is CC1CCN(c2ccc(C(=O)OC(C)C(=O)Nc3cccc(Cl)c3Cl)cc2[N+](=O)[O-])CC1. The maximum Gasteiger partial charge on any atom is 0.339 e. The first kappa shape index (κ1) is 23.8. The van der Waals surface area contributed by atoms with Crippen LogP contribution in [0.2, 0.25) is 10.0 Å². The Morgan fingerprint density at radius 2 is 1.91 bits per heavy atom. The van der Waals surface area contributed by atoms with Crippen molar-refractivity contribution in [3.8, 4) is 0 Å². The fourth-order valence-electron chi connectivity index (χ4n) is 3.43. The molecule has 32 heavy (non-hydrogen) atoms. The summed E-state index contributed by atoms with van der Waals surface area (Å²) in [6.45, 7) is 4.98. The summed E-state index contributed by atoms with van der Waals surface area (Å²) in [4.78, 5) is 38.0. The van der Waals surface area contributed by atoms with Crippen LogP contribution in [0.15, 0.2) is 36.4 Å². The van der Waals surface area contributed by atoms with Gasteiger partial charge < -0.3 is 15.0 Å². The number of benzene rings is 2. The second-order valence-corrected chi connectivity index (χ2v) is 8.55. The number of piperidine rings is 1. The average molecular weight is 480 g/mol. The zero-order valence-electron chi connectivity index (χ0n) is 17.6. The van der Waals surface area contributed by atoms with E-state index in [0.29, 0.717) is 11.6 Å². The summed E-state index contributed by atoms with van der Waals surface area (Å²) in [5, 5.41) is 14.6. The quantitative estimate of drug-likeness (QED) is 0.341. The van der Waals surface area contributed by atoms with Gasteiger partial charge in [0.15, 0.2) is 6.10 Å². The van der Waals surface area contributed by atoms with Crippen LogP contribution in [0.3, 0.4) is 0 Å². The molecule has 0 aliphatic carbocycles. The zero-order valence-corrected chi connectivity index (χ0v) is 19.2. The number of carbonyl (C=O) groups is 2. The highest BCUT2D eigenvalue weighted by Gasteiger charge is 2.26. The van der Waals surface area contributed by atoms with Crippen LogP contribution >= 0.6 is 23.2 Å². The monoisotopic (exact) mass is 479 g/mol. The lowest BCUT2D eigenvalue weighted by molar-refractivity contribution is -0.384. The van der Waals surface area contributed by atoms with Gasteiger partial charge in [-0.15, -0.1) is 0 Å². The first-order chi connectivity index (χ1) is 15.2. The number of amides is 1. The van der Waals surface area contributed by atoms with Gasteiger partial charge >= 0.3 is 5.97 Å². The van der Waals surface area contributed by atoms with Crippen LogP contribution in [0.25, 0.3) is 0 Å². The summed E-state index contributed by atoms with van der Waals surface area (Å²) in [6.07, 6.45) is 0.730. The van der Waals surface area contributed by atoms with Crippen molar-refractivity contribution in [2.24, 2.45) is 5.92 Å². The van der Waals surface area contributed by atoms with Crippen molar-refractivity contribution in [3.63, 3.8) is 0 Å². The lowest BCUT2D eigenvalue weighted by Gasteiger charge is -2.31. The summed E-state index contributed by atoms with van der Waals surface area (Å²) in [7, 11) is 0. The van der Waals surface area contributed by atoms with Crippen LogP contribution < -0.4 is 10.2 Å². The Morgan fingerprint density at radius 1 is 1.22 bits per heavy atom. The molecular weight excluding hydrogens is 457 g/mol. The van der Waals surface area contributed by atoms with Gasteiger partial charge in [-0.1, -0.05) is 36.2 Å². The first-order valence-electron chi connectivity index (χ1n) is 10.2. The molecule has 1 N–H and O–H groups in total. The molecule has 1 atom stereocenters. The Labute approximate surface area is 195 Å². The number of nitrogens with one attached hydrogen (secondary N) is 1. The maximum atomic E-state index is 12.6. The third-order valence-corrected chi connectivity index (χ3v) is 6.21. The minimum absolute atomic E-state index is 0.00809. The molecule has 3 rings (SSSR count). The Balaban J connectivity index is 1.71. The molecule has 1 amide bonds. The standard InChI is InChI=1S/C22H23Cl2N3O5/c1-13-8-10-26(11-9-13)18-7-6-15(12-19(18)27(30)31)22(29)32-14(2)21(28)25-17-5-3-4-16(23)20(17)24/h3-7,12-14H,8-11H2,1-2H3,(H,25,28). The van der Waals surface area contributed by atoms with Gasteiger partial charge in [0.25, 0.3) is 11.6 Å². The van der Waals surface area contributed by atoms with Gasteiger partial charge in [0.05, 0.1) is 26.2 Å². The minimum atomic E-state index is -1.17. The molecule has 1 unspecified atom stereocenters. The van der Waals surface area contributed by atoms with Gasteiger partial charge in [-0.25, -0.2) is 4.79 Å². The molecule has 1 saturated heterocycles. The molecule has 0 bridgehead atoms. The van der Waals surface area contributed by atoms with Crippen molar-refractivity contribution in [2.45, 2.75) is 32.8 Å². The summed E-state index contributed by atoms with van der Waals surface area (Å²) >= 11 is 12.0. The second kappa shape index (κ2) is 10.2. The van der Waals surface area contributed by atoms with Crippen LogP contribution in [0.1, 0.15) is 37.0 Å². The van der Waals surface area contributed by atoms with Gasteiger partial charge in [0, 0.05) is 19.2 Å². The Hall–Kier alpha value is -2.84. The number of halogens is 2. The number of nitro benzene ring substituents is 1. The Morgan fingerprint density at radius 3 is 2.56 bits per heavy atom. The third-order valence-electron chi connectivity index (χ3n) is 5.39. The number of esters is 1. The fourth-order valence-corrected chi connectivity index (χ4v) is 3.78. The number of nitro groups is 1. The normalized spacial score (nSPS) is 15.2. The Bertz CT molecular complexity index is 1040. The van der Waals surface area contributed by atoms with Crippen LogP contribution in [0.5, 0.6) is 0 Å². The van der Waals surface area contributed by atoms with E-state index in [9.17, 15) is 19.7 Å². The first-order valence-corrected chi connectivity index (χ1v) is 10.9. The molecule has 8 nitrogen and oxygen atoms in total. The maximum absolute atomic E-state index is 12.6. The topological polar surface area (TPSA) is 102 Å². The van der Waals surface area contributed by atoms with Crippen LogP contribution in [0.4, 0.5) is 17.1 Å². The number of ether oxygens (including phenoxy) is 1. The molecule has 0 saturated carbocycles. The number of carbonyl (C=O) groups excluding carboxylic acids is 2. The van der Waals surface area contributed by atoms with E-state index in [1.54, 1.807) is 24.3 Å². The average Bonchev–Trinajstić information content (AvgIpc) is 2.77. The molecule has 2 aromatic carbocycles.